The van der Waals surface area contributed by atoms with Crippen molar-refractivity contribution in [3.05, 3.63) is 36.5 Å². The summed E-state index contributed by atoms with van der Waals surface area (Å²) < 4.78 is 47.9. The molecule has 1 saturated carbocycles. The van der Waals surface area contributed by atoms with Gasteiger partial charge in [0.25, 0.3) is 0 Å². The molecule has 3 aromatic rings. The van der Waals surface area contributed by atoms with Crippen molar-refractivity contribution in [1.29, 1.82) is 0 Å². The highest BCUT2D eigenvalue weighted by Gasteiger charge is 2.62. The van der Waals surface area contributed by atoms with Gasteiger partial charge in [0.05, 0.1) is 11.2 Å². The SMILES string of the molecule is CN1CCC(Oc2cc(-c3nc(Nc4ccc(B5OC(C)(C)C(C)(C)O5)cc4)n(C)n3)cnc2N2CC3(C2)CC(F)(F)C3)CC1. The number of rotatable bonds is 7. The number of halogens is 2. The molecular formula is C32H42BF2N7O3. The van der Waals surface area contributed by atoms with Crippen molar-refractivity contribution in [1.82, 2.24) is 24.6 Å². The van der Waals surface area contributed by atoms with E-state index in [0.29, 0.717) is 36.4 Å². The van der Waals surface area contributed by atoms with Crippen LogP contribution in [0.4, 0.5) is 26.2 Å². The lowest BCUT2D eigenvalue weighted by Crippen LogP contribution is -2.66. The highest BCUT2D eigenvalue weighted by atomic mass is 19.3. The minimum atomic E-state index is -2.54. The predicted molar refractivity (Wildman–Crippen MR) is 170 cm³/mol. The molecule has 0 amide bonds. The van der Waals surface area contributed by atoms with Gasteiger partial charge in [-0.1, -0.05) is 12.1 Å². The topological polar surface area (TPSA) is 89.8 Å². The number of aryl methyl sites for hydroxylation is 1. The van der Waals surface area contributed by atoms with Gasteiger partial charge in [0.2, 0.25) is 11.9 Å². The normalized spacial score (nSPS) is 23.6. The summed E-state index contributed by atoms with van der Waals surface area (Å²) in [7, 11) is 3.52. The summed E-state index contributed by atoms with van der Waals surface area (Å²) in [6, 6.07) is 9.86. The van der Waals surface area contributed by atoms with Crippen LogP contribution in [0, 0.1) is 5.41 Å². The van der Waals surface area contributed by atoms with Crippen molar-refractivity contribution < 1.29 is 22.8 Å². The van der Waals surface area contributed by atoms with Crippen molar-refractivity contribution in [3.63, 3.8) is 0 Å². The maximum atomic E-state index is 13.7. The van der Waals surface area contributed by atoms with E-state index in [2.05, 4.69) is 27.3 Å². The zero-order valence-electron chi connectivity index (χ0n) is 26.9. The molecule has 7 rings (SSSR count). The quantitative estimate of drug-likeness (QED) is 0.380. The molecular weight excluding hydrogens is 579 g/mol. The standard InChI is InChI=1S/C32H42BF2N7O3/c1-29(2)30(3,4)45-33(44-29)22-7-9-23(10-8-22)37-28-38-26(39-41(28)6)21-15-25(43-24-11-13-40(5)14-12-24)27(36-16-21)42-19-31(20-42)17-32(34,35)18-31/h7-10,15-16,24H,11-14,17-20H2,1-6H3,(H,37,38,39). The lowest BCUT2D eigenvalue weighted by Gasteiger charge is -2.59. The number of pyridine rings is 1. The first-order valence-corrected chi connectivity index (χ1v) is 15.8. The third kappa shape index (κ3) is 5.78. The monoisotopic (exact) mass is 621 g/mol. The third-order valence-electron chi connectivity index (χ3n) is 10.1. The Morgan fingerprint density at radius 3 is 2.24 bits per heavy atom. The molecule has 1 aliphatic carbocycles. The lowest BCUT2D eigenvalue weighted by molar-refractivity contribution is -0.170. The number of anilines is 3. The van der Waals surface area contributed by atoms with Gasteiger partial charge in [-0.05, 0) is 71.2 Å². The molecule has 3 aliphatic heterocycles. The molecule has 10 nitrogen and oxygen atoms in total. The molecule has 0 bridgehead atoms. The summed E-state index contributed by atoms with van der Waals surface area (Å²) >= 11 is 0. The number of likely N-dealkylation sites (tertiary alicyclic amines) is 1. The van der Waals surface area contributed by atoms with Crippen LogP contribution in [0.2, 0.25) is 0 Å². The molecule has 1 aromatic carbocycles. The van der Waals surface area contributed by atoms with Gasteiger partial charge in [0, 0.05) is 68.9 Å². The fraction of sp³-hybridized carbons (Fsp3) is 0.594. The zero-order chi connectivity index (χ0) is 31.8. The molecule has 0 atom stereocenters. The van der Waals surface area contributed by atoms with Gasteiger partial charge >= 0.3 is 7.12 Å². The Morgan fingerprint density at radius 1 is 0.978 bits per heavy atom. The first kappa shape index (κ1) is 30.4. The summed E-state index contributed by atoms with van der Waals surface area (Å²) in [6.07, 6.45) is 3.55. The van der Waals surface area contributed by atoms with E-state index < -0.39 is 24.2 Å². The summed E-state index contributed by atoms with van der Waals surface area (Å²) in [4.78, 5) is 13.9. The van der Waals surface area contributed by atoms with Crippen molar-refractivity contribution in [2.24, 2.45) is 12.5 Å². The number of nitrogens with zero attached hydrogens (tertiary/aromatic N) is 6. The second kappa shape index (κ2) is 10.6. The maximum Gasteiger partial charge on any atom is 0.494 e. The molecule has 0 radical (unpaired) electrons. The van der Waals surface area contributed by atoms with E-state index in [1.54, 1.807) is 10.9 Å². The van der Waals surface area contributed by atoms with Crippen LogP contribution in [0.1, 0.15) is 53.4 Å². The molecule has 13 heteroatoms. The van der Waals surface area contributed by atoms with Gasteiger partial charge in [0.1, 0.15) is 6.10 Å². The Bertz CT molecular complexity index is 1540. The largest absolute Gasteiger partial charge is 0.494 e. The van der Waals surface area contributed by atoms with E-state index in [1.807, 2.05) is 65.1 Å². The van der Waals surface area contributed by atoms with Crippen molar-refractivity contribution in [3.8, 4) is 17.1 Å². The number of benzene rings is 1. The van der Waals surface area contributed by atoms with Crippen molar-refractivity contribution in [2.45, 2.75) is 76.6 Å². The minimum Gasteiger partial charge on any atom is -0.486 e. The van der Waals surface area contributed by atoms with Gasteiger partial charge in [-0.2, -0.15) is 4.98 Å². The minimum absolute atomic E-state index is 0.0470. The number of hydrogen-bond donors (Lipinski definition) is 1. The third-order valence-corrected chi connectivity index (χ3v) is 10.1. The number of piperidine rings is 1. The number of nitrogens with one attached hydrogen (secondary N) is 1. The summed E-state index contributed by atoms with van der Waals surface area (Å²) in [5, 5.41) is 8.02. The Balaban J connectivity index is 1.08. The van der Waals surface area contributed by atoms with Gasteiger partial charge in [-0.15, -0.1) is 5.10 Å². The van der Waals surface area contributed by atoms with Crippen LogP contribution < -0.4 is 20.4 Å². The molecule has 4 aliphatic rings. The maximum absolute atomic E-state index is 13.7. The molecule has 5 heterocycles. The van der Waals surface area contributed by atoms with Crippen LogP contribution in [-0.2, 0) is 16.4 Å². The Morgan fingerprint density at radius 2 is 1.62 bits per heavy atom. The Labute approximate surface area is 263 Å². The van der Waals surface area contributed by atoms with Crippen LogP contribution in [0.5, 0.6) is 5.75 Å². The van der Waals surface area contributed by atoms with Gasteiger partial charge in [-0.3, -0.25) is 0 Å². The summed E-state index contributed by atoms with van der Waals surface area (Å²) in [5.74, 6) is -0.0913. The average Bonchev–Trinajstić information content (AvgIpc) is 3.41. The van der Waals surface area contributed by atoms with E-state index in [1.165, 1.54) is 0 Å². The fourth-order valence-corrected chi connectivity index (χ4v) is 6.80. The summed E-state index contributed by atoms with van der Waals surface area (Å²) in [5.41, 5.74) is 1.42. The van der Waals surface area contributed by atoms with Gasteiger partial charge < -0.3 is 29.2 Å². The van der Waals surface area contributed by atoms with E-state index in [9.17, 15) is 8.78 Å². The predicted octanol–water partition coefficient (Wildman–Crippen LogP) is 4.63. The van der Waals surface area contributed by atoms with Crippen molar-refractivity contribution >= 4 is 30.0 Å². The highest BCUT2D eigenvalue weighted by Crippen LogP contribution is 2.58. The van der Waals surface area contributed by atoms with Crippen LogP contribution in [-0.4, -0.2) is 88.2 Å². The number of ether oxygens (including phenoxy) is 1. The van der Waals surface area contributed by atoms with Crippen LogP contribution >= 0.6 is 0 Å². The molecule has 2 aromatic heterocycles. The molecule has 0 unspecified atom stereocenters. The van der Waals surface area contributed by atoms with E-state index in [0.717, 1.165) is 42.6 Å². The zero-order valence-corrected chi connectivity index (χ0v) is 26.9. The number of alkyl halides is 2. The first-order valence-electron chi connectivity index (χ1n) is 15.8. The van der Waals surface area contributed by atoms with E-state index in [-0.39, 0.29) is 24.4 Å². The molecule has 240 valence electrons. The smallest absolute Gasteiger partial charge is 0.486 e. The second-order valence-corrected chi connectivity index (χ2v) is 14.4. The molecule has 1 N–H and O–H groups in total. The average molecular weight is 622 g/mol. The lowest BCUT2D eigenvalue weighted by atomic mass is 9.61. The number of hydrogen-bond acceptors (Lipinski definition) is 9. The van der Waals surface area contributed by atoms with Crippen LogP contribution in [0.3, 0.4) is 0 Å². The molecule has 4 fully saturated rings. The van der Waals surface area contributed by atoms with Gasteiger partial charge in [-0.25, -0.2) is 18.4 Å². The Kier molecular flexibility index (Phi) is 7.18. The molecule has 1 spiro atoms. The second-order valence-electron chi connectivity index (χ2n) is 14.4. The Hall–Kier alpha value is -3.29. The van der Waals surface area contributed by atoms with Crippen molar-refractivity contribution in [2.75, 3.05) is 43.4 Å². The fourth-order valence-electron chi connectivity index (χ4n) is 6.80. The van der Waals surface area contributed by atoms with Crippen LogP contribution in [0.25, 0.3) is 11.4 Å². The highest BCUT2D eigenvalue weighted by molar-refractivity contribution is 6.62. The van der Waals surface area contributed by atoms with Crippen LogP contribution in [0.15, 0.2) is 36.5 Å². The van der Waals surface area contributed by atoms with E-state index >= 15 is 0 Å². The molecule has 45 heavy (non-hydrogen) atoms. The molecule has 3 saturated heterocycles. The number of aromatic nitrogens is 4. The first-order chi connectivity index (χ1) is 21.2. The van der Waals surface area contributed by atoms with E-state index in [4.69, 9.17) is 24.0 Å². The van der Waals surface area contributed by atoms with Gasteiger partial charge in [0.15, 0.2) is 17.4 Å². The summed E-state index contributed by atoms with van der Waals surface area (Å²) in [6.45, 7) is 11.2.